The summed E-state index contributed by atoms with van der Waals surface area (Å²) in [6.45, 7) is 16.0. The molecular weight excluding hydrogens is 182 g/mol. The molecule has 1 fully saturated rings. The lowest BCUT2D eigenvalue weighted by Crippen LogP contribution is -2.42. The van der Waals surface area contributed by atoms with Crippen LogP contribution in [0.1, 0.15) is 67.7 Å². The Morgan fingerprint density at radius 3 is 1.67 bits per heavy atom. The molecule has 0 saturated heterocycles. The second kappa shape index (κ2) is 3.61. The Balaban J connectivity index is 3.13. The highest BCUT2D eigenvalue weighted by Crippen LogP contribution is 2.44. The van der Waals surface area contributed by atoms with E-state index in [0.717, 1.165) is 0 Å². The molecule has 1 nitrogen and oxygen atoms in total. The Labute approximate surface area is 95.4 Å². The van der Waals surface area contributed by atoms with Gasteiger partial charge in [-0.05, 0) is 33.6 Å². The van der Waals surface area contributed by atoms with Crippen molar-refractivity contribution in [1.82, 2.24) is 0 Å². The highest BCUT2D eigenvalue weighted by Gasteiger charge is 2.40. The van der Waals surface area contributed by atoms with Gasteiger partial charge in [-0.25, -0.2) is 0 Å². The molecule has 0 unspecified atom stereocenters. The lowest BCUT2D eigenvalue weighted by Gasteiger charge is -2.44. The highest BCUT2D eigenvalue weighted by atomic mass is 14.9. The average Bonchev–Trinajstić information content (AvgIpc) is 1.95. The molecule has 1 heteroatoms. The zero-order valence-corrected chi connectivity index (χ0v) is 11.6. The number of hydrogen-bond donors (Lipinski definition) is 0. The summed E-state index contributed by atoms with van der Waals surface area (Å²) in [5.41, 5.74) is 2.06. The smallest absolute Gasteiger partial charge is 0.0523 e. The van der Waals surface area contributed by atoms with Crippen molar-refractivity contribution < 1.29 is 0 Å². The number of rotatable bonds is 0. The topological polar surface area (TPSA) is 12.4 Å². The quantitative estimate of drug-likeness (QED) is 0.558. The van der Waals surface area contributed by atoms with Gasteiger partial charge < -0.3 is 0 Å². The summed E-state index contributed by atoms with van der Waals surface area (Å²) >= 11 is 0. The molecule has 0 aromatic carbocycles. The standard InChI is InChI=1S/C14H27N/c1-12(2,3)15-11-13(4,5)9-8-10-14(11,6)7/h8-10H2,1-7H3. The van der Waals surface area contributed by atoms with Crippen LogP contribution < -0.4 is 0 Å². The van der Waals surface area contributed by atoms with Gasteiger partial charge in [-0.15, -0.1) is 0 Å². The monoisotopic (exact) mass is 209 g/mol. The molecule has 0 aliphatic heterocycles. The average molecular weight is 209 g/mol. The molecule has 0 bridgehead atoms. The van der Waals surface area contributed by atoms with Gasteiger partial charge in [0.1, 0.15) is 0 Å². The lowest BCUT2D eigenvalue weighted by molar-refractivity contribution is 0.296. The Bertz CT molecular complexity index is 246. The summed E-state index contributed by atoms with van der Waals surface area (Å²) in [7, 11) is 0. The lowest BCUT2D eigenvalue weighted by atomic mass is 9.63. The van der Waals surface area contributed by atoms with Gasteiger partial charge in [0.2, 0.25) is 0 Å². The maximum Gasteiger partial charge on any atom is 0.0523 e. The zero-order chi connectivity index (χ0) is 11.9. The molecule has 1 rings (SSSR count). The van der Waals surface area contributed by atoms with Gasteiger partial charge in [0.15, 0.2) is 0 Å². The Hall–Kier alpha value is -0.330. The van der Waals surface area contributed by atoms with Crippen molar-refractivity contribution in [2.75, 3.05) is 0 Å². The summed E-state index contributed by atoms with van der Waals surface area (Å²) in [5.74, 6) is 0. The highest BCUT2D eigenvalue weighted by molar-refractivity contribution is 5.95. The maximum absolute atomic E-state index is 4.99. The second-order valence-electron chi connectivity index (χ2n) is 7.25. The van der Waals surface area contributed by atoms with E-state index in [1.807, 2.05) is 0 Å². The molecule has 88 valence electrons. The van der Waals surface area contributed by atoms with Crippen LogP contribution in [0.3, 0.4) is 0 Å². The fourth-order valence-electron chi connectivity index (χ4n) is 2.76. The van der Waals surface area contributed by atoms with Crippen molar-refractivity contribution in [3.8, 4) is 0 Å². The normalized spacial score (nSPS) is 25.1. The third-order valence-corrected chi connectivity index (χ3v) is 3.33. The fourth-order valence-corrected chi connectivity index (χ4v) is 2.76. The predicted octanol–water partition coefficient (Wildman–Crippen LogP) is 4.46. The van der Waals surface area contributed by atoms with Crippen LogP contribution in [0.15, 0.2) is 4.99 Å². The van der Waals surface area contributed by atoms with E-state index in [-0.39, 0.29) is 16.4 Å². The summed E-state index contributed by atoms with van der Waals surface area (Å²) in [6, 6.07) is 0. The third-order valence-electron chi connectivity index (χ3n) is 3.33. The Kier molecular flexibility index (Phi) is 3.06. The second-order valence-corrected chi connectivity index (χ2v) is 7.25. The van der Waals surface area contributed by atoms with E-state index in [4.69, 9.17) is 4.99 Å². The van der Waals surface area contributed by atoms with E-state index in [0.29, 0.717) is 0 Å². The first-order valence-corrected chi connectivity index (χ1v) is 6.15. The van der Waals surface area contributed by atoms with Crippen molar-refractivity contribution in [3.05, 3.63) is 0 Å². The first kappa shape index (κ1) is 12.7. The minimum atomic E-state index is 0.0568. The van der Waals surface area contributed by atoms with Crippen molar-refractivity contribution in [1.29, 1.82) is 0 Å². The van der Waals surface area contributed by atoms with Crippen LogP contribution in [-0.4, -0.2) is 11.3 Å². The predicted molar refractivity (Wildman–Crippen MR) is 68.6 cm³/mol. The molecule has 0 atom stereocenters. The van der Waals surface area contributed by atoms with Crippen LogP contribution >= 0.6 is 0 Å². The van der Waals surface area contributed by atoms with Gasteiger partial charge in [0.05, 0.1) is 5.54 Å². The van der Waals surface area contributed by atoms with Crippen LogP contribution in [0.5, 0.6) is 0 Å². The van der Waals surface area contributed by atoms with Crippen molar-refractivity contribution in [2.45, 2.75) is 73.3 Å². The number of hydrogen-bond acceptors (Lipinski definition) is 1. The molecule has 15 heavy (non-hydrogen) atoms. The first-order valence-electron chi connectivity index (χ1n) is 6.15. The largest absolute Gasteiger partial charge is 0.287 e. The zero-order valence-electron chi connectivity index (χ0n) is 11.6. The van der Waals surface area contributed by atoms with Gasteiger partial charge in [-0.3, -0.25) is 4.99 Å². The van der Waals surface area contributed by atoms with Gasteiger partial charge in [0.25, 0.3) is 0 Å². The van der Waals surface area contributed by atoms with Gasteiger partial charge >= 0.3 is 0 Å². The summed E-state index contributed by atoms with van der Waals surface area (Å²) in [5, 5.41) is 0. The Morgan fingerprint density at radius 2 is 1.33 bits per heavy atom. The van der Waals surface area contributed by atoms with Crippen LogP contribution in [0.2, 0.25) is 0 Å². The summed E-state index contributed by atoms with van der Waals surface area (Å²) in [6.07, 6.45) is 3.90. The van der Waals surface area contributed by atoms with Crippen molar-refractivity contribution in [2.24, 2.45) is 15.8 Å². The molecule has 0 aromatic rings. The van der Waals surface area contributed by atoms with Crippen LogP contribution in [0, 0.1) is 10.8 Å². The van der Waals surface area contributed by atoms with Crippen molar-refractivity contribution >= 4 is 5.71 Å². The Morgan fingerprint density at radius 1 is 0.933 bits per heavy atom. The maximum atomic E-state index is 4.99. The van der Waals surface area contributed by atoms with Gasteiger partial charge in [-0.2, -0.15) is 0 Å². The number of aliphatic imine (C=N–C) groups is 1. The molecule has 0 radical (unpaired) electrons. The minimum absolute atomic E-state index is 0.0568. The SMILES string of the molecule is CC(C)(C)N=C1C(C)(C)CCCC1(C)C. The molecule has 1 aliphatic rings. The van der Waals surface area contributed by atoms with Gasteiger partial charge in [-0.1, -0.05) is 34.1 Å². The molecule has 0 spiro atoms. The molecule has 0 N–H and O–H groups in total. The van der Waals surface area contributed by atoms with E-state index in [2.05, 4.69) is 48.5 Å². The number of nitrogens with zero attached hydrogens (tertiary/aromatic N) is 1. The van der Waals surface area contributed by atoms with E-state index in [9.17, 15) is 0 Å². The molecule has 0 aromatic heterocycles. The van der Waals surface area contributed by atoms with E-state index in [1.165, 1.54) is 25.0 Å². The van der Waals surface area contributed by atoms with E-state index < -0.39 is 0 Å². The summed E-state index contributed by atoms with van der Waals surface area (Å²) < 4.78 is 0. The van der Waals surface area contributed by atoms with Gasteiger partial charge in [0, 0.05) is 16.5 Å². The minimum Gasteiger partial charge on any atom is -0.287 e. The third kappa shape index (κ3) is 3.06. The van der Waals surface area contributed by atoms with Crippen molar-refractivity contribution in [3.63, 3.8) is 0 Å². The molecule has 1 saturated carbocycles. The summed E-state index contributed by atoms with van der Waals surface area (Å²) in [4.78, 5) is 4.99. The molecule has 1 aliphatic carbocycles. The first-order chi connectivity index (χ1) is 6.55. The molecule has 0 amide bonds. The van der Waals surface area contributed by atoms with Crippen LogP contribution in [0.25, 0.3) is 0 Å². The fraction of sp³-hybridized carbons (Fsp3) is 0.929. The van der Waals surface area contributed by atoms with Crippen LogP contribution in [0.4, 0.5) is 0 Å². The molecular formula is C14H27N. The van der Waals surface area contributed by atoms with E-state index >= 15 is 0 Å². The van der Waals surface area contributed by atoms with Crippen LogP contribution in [-0.2, 0) is 0 Å². The molecule has 0 heterocycles. The van der Waals surface area contributed by atoms with E-state index in [1.54, 1.807) is 0 Å².